The fraction of sp³-hybridized carbons (Fsp3) is 0.409. The quantitative estimate of drug-likeness (QED) is 0.574. The number of carbonyl (C=O) groups excluding carboxylic acids is 1. The minimum absolute atomic E-state index is 0.0216. The number of anilines is 1. The lowest BCUT2D eigenvalue weighted by Crippen LogP contribution is -2.30. The number of hydrogen-bond donors (Lipinski definition) is 1. The molecule has 2 aromatic rings. The Morgan fingerprint density at radius 1 is 1.09 bits per heavy atom. The molecule has 0 aliphatic rings. The van der Waals surface area contributed by atoms with Gasteiger partial charge in [-0.25, -0.2) is 8.42 Å². The highest BCUT2D eigenvalue weighted by Gasteiger charge is 2.30. The average molecular weight is 473 g/mol. The van der Waals surface area contributed by atoms with E-state index in [9.17, 15) is 26.4 Å². The summed E-state index contributed by atoms with van der Waals surface area (Å²) < 4.78 is 71.4. The molecule has 0 saturated heterocycles. The third-order valence-corrected chi connectivity index (χ3v) is 6.60. The molecule has 0 unspecified atom stereocenters. The number of sulfonamides is 1. The first-order valence-corrected chi connectivity index (χ1v) is 11.6. The van der Waals surface area contributed by atoms with E-state index in [-0.39, 0.29) is 47.5 Å². The van der Waals surface area contributed by atoms with Crippen LogP contribution in [0.2, 0.25) is 0 Å². The molecule has 0 fully saturated rings. The van der Waals surface area contributed by atoms with Gasteiger partial charge >= 0.3 is 6.18 Å². The Morgan fingerprint density at radius 2 is 1.75 bits per heavy atom. The van der Waals surface area contributed by atoms with Gasteiger partial charge in [0.25, 0.3) is 0 Å². The van der Waals surface area contributed by atoms with Crippen molar-refractivity contribution in [1.29, 1.82) is 0 Å². The summed E-state index contributed by atoms with van der Waals surface area (Å²) in [5.74, 6) is -0.341. The second-order valence-corrected chi connectivity index (χ2v) is 9.27. The Hall–Kier alpha value is -2.59. The number of amides is 1. The number of ether oxygens (including phenoxy) is 1. The van der Waals surface area contributed by atoms with E-state index in [1.165, 1.54) is 34.6 Å². The molecule has 0 saturated carbocycles. The largest absolute Gasteiger partial charge is 0.489 e. The summed E-state index contributed by atoms with van der Waals surface area (Å²) in [5, 5.41) is 2.58. The van der Waals surface area contributed by atoms with Gasteiger partial charge in [-0.2, -0.15) is 17.5 Å². The number of halogens is 3. The molecule has 0 heterocycles. The lowest BCUT2D eigenvalue weighted by molar-refractivity contribution is -0.137. The van der Waals surface area contributed by atoms with Crippen LogP contribution >= 0.6 is 0 Å². The number of hydrogen-bond acceptors (Lipinski definition) is 4. The Bertz CT molecular complexity index is 1050. The van der Waals surface area contributed by atoms with Gasteiger partial charge in [0.05, 0.1) is 28.7 Å². The van der Waals surface area contributed by atoms with Crippen molar-refractivity contribution in [1.82, 2.24) is 4.31 Å². The zero-order valence-electron chi connectivity index (χ0n) is 18.4. The van der Waals surface area contributed by atoms with Crippen molar-refractivity contribution in [2.45, 2.75) is 51.3 Å². The third kappa shape index (κ3) is 6.46. The van der Waals surface area contributed by atoms with E-state index in [1.807, 2.05) is 0 Å². The molecule has 6 nitrogen and oxygen atoms in total. The topological polar surface area (TPSA) is 75.7 Å². The maximum Gasteiger partial charge on any atom is 0.416 e. The van der Waals surface area contributed by atoms with Gasteiger partial charge < -0.3 is 10.1 Å². The van der Waals surface area contributed by atoms with E-state index in [0.29, 0.717) is 0 Å². The summed E-state index contributed by atoms with van der Waals surface area (Å²) in [4.78, 5) is 12.6. The van der Waals surface area contributed by atoms with Crippen molar-refractivity contribution < 1.29 is 31.1 Å². The summed E-state index contributed by atoms with van der Waals surface area (Å²) in [6.45, 7) is 7.54. The number of alkyl halides is 3. The van der Waals surface area contributed by atoms with Gasteiger partial charge in [-0.1, -0.05) is 32.0 Å². The summed E-state index contributed by atoms with van der Waals surface area (Å²) in [5.41, 5.74) is -0.543. The molecule has 1 amide bonds. The van der Waals surface area contributed by atoms with Gasteiger partial charge in [0.15, 0.2) is 0 Å². The van der Waals surface area contributed by atoms with E-state index in [2.05, 4.69) is 5.32 Å². The van der Waals surface area contributed by atoms with E-state index in [4.69, 9.17) is 4.74 Å². The van der Waals surface area contributed by atoms with Gasteiger partial charge in [-0.05, 0) is 43.7 Å². The molecule has 0 atom stereocenters. The summed E-state index contributed by atoms with van der Waals surface area (Å²) in [7, 11) is -3.78. The smallest absolute Gasteiger partial charge is 0.416 e. The summed E-state index contributed by atoms with van der Waals surface area (Å²) in [6, 6.07) is 8.64. The van der Waals surface area contributed by atoms with Crippen molar-refractivity contribution in [3.05, 3.63) is 53.6 Å². The Morgan fingerprint density at radius 3 is 2.31 bits per heavy atom. The zero-order chi connectivity index (χ0) is 24.1. The van der Waals surface area contributed by atoms with E-state index in [1.54, 1.807) is 27.7 Å². The molecule has 176 valence electrons. The molecule has 2 rings (SSSR count). The van der Waals surface area contributed by atoms with Gasteiger partial charge in [-0.15, -0.1) is 0 Å². The van der Waals surface area contributed by atoms with Crippen LogP contribution in [-0.4, -0.2) is 37.8 Å². The van der Waals surface area contributed by atoms with Crippen LogP contribution in [0.15, 0.2) is 47.4 Å². The third-order valence-electron chi connectivity index (χ3n) is 4.55. The van der Waals surface area contributed by atoms with Gasteiger partial charge in [0.1, 0.15) is 5.75 Å². The summed E-state index contributed by atoms with van der Waals surface area (Å²) in [6.07, 6.45) is -5.09. The van der Waals surface area contributed by atoms with Gasteiger partial charge in [0.2, 0.25) is 15.9 Å². The van der Waals surface area contributed by atoms with E-state index >= 15 is 0 Å². The predicted octanol–water partition coefficient (Wildman–Crippen LogP) is 4.70. The lowest BCUT2D eigenvalue weighted by Gasteiger charge is -2.20. The highest BCUT2D eigenvalue weighted by Crippen LogP contribution is 2.31. The Labute approximate surface area is 186 Å². The normalized spacial score (nSPS) is 12.3. The van der Waals surface area contributed by atoms with Crippen molar-refractivity contribution in [3.63, 3.8) is 0 Å². The van der Waals surface area contributed by atoms with Crippen molar-refractivity contribution in [2.24, 2.45) is 0 Å². The van der Waals surface area contributed by atoms with E-state index in [0.717, 1.165) is 12.1 Å². The molecule has 0 radical (unpaired) electrons. The van der Waals surface area contributed by atoms with Crippen LogP contribution < -0.4 is 10.1 Å². The van der Waals surface area contributed by atoms with Crippen LogP contribution in [0.4, 0.5) is 18.9 Å². The Balaban J connectivity index is 2.35. The standard InChI is InChI=1S/C22H27F3N2O4S/c1-5-27(6-2)32(29,30)18-10-11-20(31-15(3)4)19(14-18)26-21(28)13-16-8-7-9-17(12-16)22(23,24)25/h7-12,14-15H,5-6,13H2,1-4H3,(H,26,28). The summed E-state index contributed by atoms with van der Waals surface area (Å²) >= 11 is 0. The molecular formula is C22H27F3N2O4S. The van der Waals surface area contributed by atoms with Crippen LogP contribution in [0.1, 0.15) is 38.8 Å². The fourth-order valence-corrected chi connectivity index (χ4v) is 4.56. The molecule has 2 aromatic carbocycles. The Kier molecular flexibility index (Phi) is 8.30. The van der Waals surface area contributed by atoms with Crippen molar-refractivity contribution >= 4 is 21.6 Å². The molecule has 0 spiro atoms. The number of rotatable bonds is 9. The maximum atomic E-state index is 12.9. The molecule has 0 bridgehead atoms. The van der Waals surface area contributed by atoms with Gasteiger partial charge in [0, 0.05) is 13.1 Å². The zero-order valence-corrected chi connectivity index (χ0v) is 19.2. The first-order chi connectivity index (χ1) is 14.9. The molecule has 0 aliphatic carbocycles. The minimum atomic E-state index is -4.52. The highest BCUT2D eigenvalue weighted by atomic mass is 32.2. The number of nitrogens with one attached hydrogen (secondary N) is 1. The SMILES string of the molecule is CCN(CC)S(=O)(=O)c1ccc(OC(C)C)c(NC(=O)Cc2cccc(C(F)(F)F)c2)c1. The van der Waals surface area contributed by atoms with Crippen LogP contribution in [0.25, 0.3) is 0 Å². The monoisotopic (exact) mass is 472 g/mol. The number of benzene rings is 2. The van der Waals surface area contributed by atoms with E-state index < -0.39 is 27.7 Å². The molecular weight excluding hydrogens is 445 g/mol. The first-order valence-electron chi connectivity index (χ1n) is 10.1. The number of carbonyl (C=O) groups is 1. The van der Waals surface area contributed by atoms with Crippen LogP contribution in [0.3, 0.4) is 0 Å². The second kappa shape index (κ2) is 10.4. The highest BCUT2D eigenvalue weighted by molar-refractivity contribution is 7.89. The second-order valence-electron chi connectivity index (χ2n) is 7.34. The maximum absolute atomic E-state index is 12.9. The molecule has 10 heteroatoms. The van der Waals surface area contributed by atoms with Crippen molar-refractivity contribution in [3.8, 4) is 5.75 Å². The molecule has 1 N–H and O–H groups in total. The van der Waals surface area contributed by atoms with Crippen LogP contribution in [0.5, 0.6) is 5.75 Å². The van der Waals surface area contributed by atoms with Crippen LogP contribution in [0, 0.1) is 0 Å². The lowest BCUT2D eigenvalue weighted by atomic mass is 10.1. The van der Waals surface area contributed by atoms with Crippen molar-refractivity contribution in [2.75, 3.05) is 18.4 Å². The first kappa shape index (κ1) is 25.7. The predicted molar refractivity (Wildman–Crippen MR) is 116 cm³/mol. The molecule has 0 aromatic heterocycles. The van der Waals surface area contributed by atoms with Crippen LogP contribution in [-0.2, 0) is 27.4 Å². The number of nitrogens with zero attached hydrogens (tertiary/aromatic N) is 1. The average Bonchev–Trinajstić information content (AvgIpc) is 2.69. The molecule has 0 aliphatic heterocycles. The fourth-order valence-electron chi connectivity index (χ4n) is 3.07. The minimum Gasteiger partial charge on any atom is -0.489 e. The molecule has 32 heavy (non-hydrogen) atoms. The van der Waals surface area contributed by atoms with Gasteiger partial charge in [-0.3, -0.25) is 4.79 Å².